The van der Waals surface area contributed by atoms with Gasteiger partial charge in [-0.15, -0.1) is 0 Å². The second-order valence-electron chi connectivity index (χ2n) is 5.39. The Hall–Kier alpha value is -2.32. The summed E-state index contributed by atoms with van der Waals surface area (Å²) < 4.78 is 52.8. The van der Waals surface area contributed by atoms with E-state index >= 15 is 0 Å². The van der Waals surface area contributed by atoms with E-state index in [1.165, 1.54) is 30.3 Å². The van der Waals surface area contributed by atoms with Crippen molar-refractivity contribution in [1.29, 1.82) is 0 Å². The summed E-state index contributed by atoms with van der Waals surface area (Å²) in [5, 5.41) is 2.59. The molecule has 25 heavy (non-hydrogen) atoms. The standard InChI is InChI=1S/C17H18F2N2O3S/c1-3-20-25(23,24)14-7-4-12(5-8-14)17(22)21-11(2)15-9-6-13(18)10-16(15)19/h4-11,20H,3H2,1-2H3,(H,21,22)/t11-/m1/s1. The van der Waals surface area contributed by atoms with Crippen molar-refractivity contribution < 1.29 is 22.0 Å². The summed E-state index contributed by atoms with van der Waals surface area (Å²) in [6, 6.07) is 7.81. The zero-order valence-corrected chi connectivity index (χ0v) is 14.5. The predicted octanol–water partition coefficient (Wildman–Crippen LogP) is 2.75. The van der Waals surface area contributed by atoms with Crippen LogP contribution in [0, 0.1) is 11.6 Å². The van der Waals surface area contributed by atoms with E-state index in [-0.39, 0.29) is 22.6 Å². The van der Waals surface area contributed by atoms with Crippen LogP contribution in [0.2, 0.25) is 0 Å². The van der Waals surface area contributed by atoms with E-state index in [2.05, 4.69) is 10.0 Å². The molecule has 0 fully saturated rings. The normalized spacial score (nSPS) is 12.6. The molecule has 0 aliphatic rings. The van der Waals surface area contributed by atoms with Gasteiger partial charge in [-0.3, -0.25) is 4.79 Å². The second kappa shape index (κ2) is 7.71. The average Bonchev–Trinajstić information content (AvgIpc) is 2.54. The summed E-state index contributed by atoms with van der Waals surface area (Å²) in [5.74, 6) is -1.94. The molecule has 5 nitrogen and oxygen atoms in total. The lowest BCUT2D eigenvalue weighted by Gasteiger charge is -2.15. The van der Waals surface area contributed by atoms with Crippen molar-refractivity contribution in [2.45, 2.75) is 24.8 Å². The Balaban J connectivity index is 2.13. The van der Waals surface area contributed by atoms with E-state index in [1.807, 2.05) is 0 Å². The minimum atomic E-state index is -3.60. The number of sulfonamides is 1. The molecule has 0 aromatic heterocycles. The lowest BCUT2D eigenvalue weighted by Crippen LogP contribution is -2.27. The highest BCUT2D eigenvalue weighted by molar-refractivity contribution is 7.89. The van der Waals surface area contributed by atoms with Gasteiger partial charge in [0.15, 0.2) is 0 Å². The Morgan fingerprint density at radius 3 is 2.32 bits per heavy atom. The number of carbonyl (C=O) groups excluding carboxylic acids is 1. The Morgan fingerprint density at radius 1 is 1.12 bits per heavy atom. The van der Waals surface area contributed by atoms with Crippen molar-refractivity contribution in [2.75, 3.05) is 6.54 Å². The topological polar surface area (TPSA) is 75.3 Å². The minimum absolute atomic E-state index is 0.0449. The third-order valence-electron chi connectivity index (χ3n) is 3.54. The molecule has 0 bridgehead atoms. The molecule has 0 spiro atoms. The maximum absolute atomic E-state index is 13.7. The molecule has 8 heteroatoms. The van der Waals surface area contributed by atoms with Crippen molar-refractivity contribution in [2.24, 2.45) is 0 Å². The predicted molar refractivity (Wildman–Crippen MR) is 89.5 cm³/mol. The van der Waals surface area contributed by atoms with Gasteiger partial charge in [0, 0.05) is 23.7 Å². The largest absolute Gasteiger partial charge is 0.345 e. The van der Waals surface area contributed by atoms with Gasteiger partial charge in [-0.05, 0) is 37.3 Å². The zero-order valence-electron chi connectivity index (χ0n) is 13.7. The number of hydrogen-bond acceptors (Lipinski definition) is 3. The first kappa shape index (κ1) is 19.0. The first-order valence-corrected chi connectivity index (χ1v) is 9.08. The van der Waals surface area contributed by atoms with Gasteiger partial charge in [0.25, 0.3) is 5.91 Å². The molecule has 0 aliphatic heterocycles. The van der Waals surface area contributed by atoms with Gasteiger partial charge in [-0.1, -0.05) is 13.0 Å². The van der Waals surface area contributed by atoms with Crippen LogP contribution in [-0.2, 0) is 10.0 Å². The number of hydrogen-bond donors (Lipinski definition) is 2. The summed E-state index contributed by atoms with van der Waals surface area (Å²) in [6.07, 6.45) is 0. The first-order valence-electron chi connectivity index (χ1n) is 7.60. The number of nitrogens with one attached hydrogen (secondary N) is 2. The molecule has 2 N–H and O–H groups in total. The molecular formula is C17H18F2N2O3S. The molecule has 2 aromatic rings. The lowest BCUT2D eigenvalue weighted by molar-refractivity contribution is 0.0939. The molecule has 134 valence electrons. The van der Waals surface area contributed by atoms with Gasteiger partial charge in [0.2, 0.25) is 10.0 Å². The van der Waals surface area contributed by atoms with Crippen molar-refractivity contribution in [1.82, 2.24) is 10.0 Å². The maximum atomic E-state index is 13.7. The van der Waals surface area contributed by atoms with Crippen molar-refractivity contribution in [3.63, 3.8) is 0 Å². The number of carbonyl (C=O) groups is 1. The highest BCUT2D eigenvalue weighted by Crippen LogP contribution is 2.18. The molecular weight excluding hydrogens is 350 g/mol. The lowest BCUT2D eigenvalue weighted by atomic mass is 10.1. The molecule has 0 unspecified atom stereocenters. The van der Waals surface area contributed by atoms with Crippen molar-refractivity contribution in [3.05, 3.63) is 65.2 Å². The van der Waals surface area contributed by atoms with E-state index in [9.17, 15) is 22.0 Å². The van der Waals surface area contributed by atoms with Gasteiger partial charge < -0.3 is 5.32 Å². The molecule has 0 saturated carbocycles. The maximum Gasteiger partial charge on any atom is 0.251 e. The van der Waals surface area contributed by atoms with Crippen molar-refractivity contribution >= 4 is 15.9 Å². The molecule has 1 atom stereocenters. The summed E-state index contributed by atoms with van der Waals surface area (Å²) >= 11 is 0. The molecule has 2 aromatic carbocycles. The number of halogens is 2. The second-order valence-corrected chi connectivity index (χ2v) is 7.15. The number of rotatable bonds is 6. The Morgan fingerprint density at radius 2 is 1.76 bits per heavy atom. The van der Waals surface area contributed by atoms with Crippen LogP contribution in [0.1, 0.15) is 35.8 Å². The minimum Gasteiger partial charge on any atom is -0.345 e. The number of benzene rings is 2. The smallest absolute Gasteiger partial charge is 0.251 e. The first-order chi connectivity index (χ1) is 11.7. The van der Waals surface area contributed by atoms with Crippen LogP contribution in [0.5, 0.6) is 0 Å². The van der Waals surface area contributed by atoms with E-state index < -0.39 is 33.6 Å². The zero-order chi connectivity index (χ0) is 18.6. The van der Waals surface area contributed by atoms with Gasteiger partial charge >= 0.3 is 0 Å². The summed E-state index contributed by atoms with van der Waals surface area (Å²) in [4.78, 5) is 12.3. The molecule has 2 rings (SSSR count). The van der Waals surface area contributed by atoms with Crippen LogP contribution in [0.15, 0.2) is 47.4 Å². The quantitative estimate of drug-likeness (QED) is 0.823. The summed E-state index contributed by atoms with van der Waals surface area (Å²) in [6.45, 7) is 3.48. The van der Waals surface area contributed by atoms with Gasteiger partial charge in [0.05, 0.1) is 10.9 Å². The van der Waals surface area contributed by atoms with E-state index in [4.69, 9.17) is 0 Å². The third kappa shape index (κ3) is 4.61. The van der Waals surface area contributed by atoms with Crippen LogP contribution in [0.3, 0.4) is 0 Å². The highest BCUT2D eigenvalue weighted by Gasteiger charge is 2.17. The Kier molecular flexibility index (Phi) is 5.86. The molecule has 0 aliphatic carbocycles. The van der Waals surface area contributed by atoms with E-state index in [0.29, 0.717) is 0 Å². The van der Waals surface area contributed by atoms with Crippen LogP contribution in [-0.4, -0.2) is 20.9 Å². The van der Waals surface area contributed by atoms with Gasteiger partial charge in [0.1, 0.15) is 11.6 Å². The average molecular weight is 368 g/mol. The van der Waals surface area contributed by atoms with E-state index in [0.717, 1.165) is 12.1 Å². The summed E-state index contributed by atoms with van der Waals surface area (Å²) in [5.41, 5.74) is 0.380. The Bertz CT molecular complexity index is 868. The van der Waals surface area contributed by atoms with Crippen LogP contribution in [0.4, 0.5) is 8.78 Å². The third-order valence-corrected chi connectivity index (χ3v) is 5.10. The molecule has 0 radical (unpaired) electrons. The van der Waals surface area contributed by atoms with E-state index in [1.54, 1.807) is 13.8 Å². The monoisotopic (exact) mass is 368 g/mol. The molecule has 0 heterocycles. The van der Waals surface area contributed by atoms with Crippen LogP contribution in [0.25, 0.3) is 0 Å². The molecule has 0 saturated heterocycles. The van der Waals surface area contributed by atoms with Gasteiger partial charge in [-0.25, -0.2) is 21.9 Å². The SMILES string of the molecule is CCNS(=O)(=O)c1ccc(C(=O)N[C@H](C)c2ccc(F)cc2F)cc1. The van der Waals surface area contributed by atoms with Crippen molar-refractivity contribution in [3.8, 4) is 0 Å². The fourth-order valence-corrected chi connectivity index (χ4v) is 3.31. The Labute approximate surface area is 145 Å². The summed E-state index contributed by atoms with van der Waals surface area (Å²) in [7, 11) is -3.60. The van der Waals surface area contributed by atoms with Crippen LogP contribution >= 0.6 is 0 Å². The molecule has 1 amide bonds. The fraction of sp³-hybridized carbons (Fsp3) is 0.235. The van der Waals surface area contributed by atoms with Crippen LogP contribution < -0.4 is 10.0 Å². The fourth-order valence-electron chi connectivity index (χ4n) is 2.27. The highest BCUT2D eigenvalue weighted by atomic mass is 32.2. The van der Waals surface area contributed by atoms with Gasteiger partial charge in [-0.2, -0.15) is 0 Å². The number of amides is 1.